The van der Waals surface area contributed by atoms with E-state index < -0.39 is 60.2 Å². The smallest absolute Gasteiger partial charge is 0.249 e. The van der Waals surface area contributed by atoms with E-state index in [0.29, 0.717) is 31.4 Å². The van der Waals surface area contributed by atoms with Crippen LogP contribution in [0.1, 0.15) is 36.8 Å². The zero-order valence-corrected chi connectivity index (χ0v) is 25.6. The second-order valence-electron chi connectivity index (χ2n) is 11.9. The summed E-state index contributed by atoms with van der Waals surface area (Å²) in [5.41, 5.74) is 13.5. The standard InChI is InChI=1S/C34H40N6O6/c35-15-3-7-29-32(44)38-27(19-22-9-12-23-5-1-2-6-24(23)17-22)34(46)39-16-4-8-28(39)31(43)37-20-30(42)40(29)33(45)26(36)18-21-10-13-25(41)14-11-21/h1-2,5-6,9-14,17,26-29,41H,3-4,7-8,15-16,18-20,35-36H2,(H,37,43)(H,38,44)/t26-,27-,28+,29+/m0/s1. The highest BCUT2D eigenvalue weighted by atomic mass is 16.3. The summed E-state index contributed by atoms with van der Waals surface area (Å²) in [5, 5.41) is 17.1. The Morgan fingerprint density at radius 1 is 0.957 bits per heavy atom. The van der Waals surface area contributed by atoms with Gasteiger partial charge in [-0.1, -0.05) is 54.6 Å². The molecule has 0 aromatic heterocycles. The van der Waals surface area contributed by atoms with E-state index in [-0.39, 0.29) is 31.6 Å². The van der Waals surface area contributed by atoms with Crippen molar-refractivity contribution in [3.05, 3.63) is 77.9 Å². The van der Waals surface area contributed by atoms with Crippen LogP contribution < -0.4 is 22.1 Å². The second-order valence-corrected chi connectivity index (χ2v) is 11.9. The van der Waals surface area contributed by atoms with Crippen LogP contribution in [-0.4, -0.2) is 88.2 Å². The molecule has 12 nitrogen and oxygen atoms in total. The molecule has 4 atom stereocenters. The van der Waals surface area contributed by atoms with Gasteiger partial charge in [-0.15, -0.1) is 0 Å². The van der Waals surface area contributed by atoms with Crippen molar-refractivity contribution in [2.45, 2.75) is 62.7 Å². The van der Waals surface area contributed by atoms with Gasteiger partial charge in [0.1, 0.15) is 23.9 Å². The van der Waals surface area contributed by atoms with Gasteiger partial charge in [-0.3, -0.25) is 28.9 Å². The monoisotopic (exact) mass is 628 g/mol. The van der Waals surface area contributed by atoms with E-state index in [4.69, 9.17) is 11.5 Å². The molecular weight excluding hydrogens is 588 g/mol. The van der Waals surface area contributed by atoms with Gasteiger partial charge in [-0.05, 0) is 72.7 Å². The molecule has 0 radical (unpaired) electrons. The van der Waals surface area contributed by atoms with E-state index in [2.05, 4.69) is 10.6 Å². The summed E-state index contributed by atoms with van der Waals surface area (Å²) in [4.78, 5) is 71.3. The fourth-order valence-electron chi connectivity index (χ4n) is 6.23. The minimum absolute atomic E-state index is 0.0284. The molecule has 2 saturated heterocycles. The lowest BCUT2D eigenvalue weighted by atomic mass is 9.99. The molecule has 2 heterocycles. The molecule has 0 bridgehead atoms. The molecule has 3 aromatic carbocycles. The molecule has 5 amide bonds. The zero-order chi connectivity index (χ0) is 32.8. The van der Waals surface area contributed by atoms with E-state index in [1.54, 1.807) is 12.1 Å². The second kappa shape index (κ2) is 14.5. The first-order valence-corrected chi connectivity index (χ1v) is 15.6. The summed E-state index contributed by atoms with van der Waals surface area (Å²) in [6, 6.07) is 15.3. The van der Waals surface area contributed by atoms with E-state index >= 15 is 0 Å². The first-order valence-electron chi connectivity index (χ1n) is 15.6. The molecule has 12 heteroatoms. The Labute approximate surface area is 267 Å². The van der Waals surface area contributed by atoms with Crippen LogP contribution in [0.15, 0.2) is 66.7 Å². The lowest BCUT2D eigenvalue weighted by Gasteiger charge is -2.35. The first kappa shape index (κ1) is 32.6. The van der Waals surface area contributed by atoms with Crippen LogP contribution in [0.3, 0.4) is 0 Å². The number of imide groups is 1. The van der Waals surface area contributed by atoms with Gasteiger partial charge in [-0.25, -0.2) is 0 Å². The first-order chi connectivity index (χ1) is 22.2. The maximum Gasteiger partial charge on any atom is 0.249 e. The summed E-state index contributed by atoms with van der Waals surface area (Å²) in [5.74, 6) is -3.15. The van der Waals surface area contributed by atoms with E-state index in [9.17, 15) is 29.1 Å². The number of nitrogens with two attached hydrogens (primary N) is 2. The van der Waals surface area contributed by atoms with Gasteiger partial charge in [0.25, 0.3) is 0 Å². The minimum atomic E-state index is -1.33. The van der Waals surface area contributed by atoms with E-state index in [1.165, 1.54) is 17.0 Å². The van der Waals surface area contributed by atoms with Crippen molar-refractivity contribution >= 4 is 40.3 Å². The number of carbonyl (C=O) groups is 5. The van der Waals surface area contributed by atoms with Gasteiger partial charge in [-0.2, -0.15) is 0 Å². The Kier molecular flexibility index (Phi) is 10.3. The van der Waals surface area contributed by atoms with Crippen molar-refractivity contribution in [2.75, 3.05) is 19.6 Å². The highest BCUT2D eigenvalue weighted by molar-refractivity contribution is 6.05. The topological polar surface area (TPSA) is 188 Å². The number of rotatable bonds is 8. The molecule has 46 heavy (non-hydrogen) atoms. The van der Waals surface area contributed by atoms with Gasteiger partial charge in [0, 0.05) is 13.0 Å². The van der Waals surface area contributed by atoms with E-state index in [0.717, 1.165) is 21.2 Å². The molecule has 5 rings (SSSR count). The number of benzene rings is 3. The molecule has 0 aliphatic carbocycles. The number of hydrogen-bond acceptors (Lipinski definition) is 8. The average Bonchev–Trinajstić information content (AvgIpc) is 3.55. The summed E-state index contributed by atoms with van der Waals surface area (Å²) in [6.07, 6.45) is 1.48. The number of hydrogen-bond donors (Lipinski definition) is 5. The molecule has 7 N–H and O–H groups in total. The number of nitrogens with zero attached hydrogens (tertiary/aromatic N) is 2. The normalized spacial score (nSPS) is 21.7. The number of phenolic OH excluding ortho intramolecular Hbond substituents is 1. The van der Waals surface area contributed by atoms with Gasteiger partial charge in [0.05, 0.1) is 12.6 Å². The van der Waals surface area contributed by atoms with E-state index in [1.807, 2.05) is 42.5 Å². The molecule has 2 aliphatic rings. The van der Waals surface area contributed by atoms with Gasteiger partial charge < -0.3 is 32.1 Å². The largest absolute Gasteiger partial charge is 0.508 e. The molecule has 0 spiro atoms. The number of nitrogens with one attached hydrogen (secondary N) is 2. The summed E-state index contributed by atoms with van der Waals surface area (Å²) in [6.45, 7) is -0.0323. The fourth-order valence-corrected chi connectivity index (χ4v) is 6.23. The minimum Gasteiger partial charge on any atom is -0.508 e. The molecule has 0 unspecified atom stereocenters. The van der Waals surface area contributed by atoms with Crippen molar-refractivity contribution < 1.29 is 29.1 Å². The van der Waals surface area contributed by atoms with Gasteiger partial charge >= 0.3 is 0 Å². The highest BCUT2D eigenvalue weighted by Gasteiger charge is 2.42. The lowest BCUT2D eigenvalue weighted by molar-refractivity contribution is -0.154. The summed E-state index contributed by atoms with van der Waals surface area (Å²) >= 11 is 0. The zero-order valence-electron chi connectivity index (χ0n) is 25.6. The third kappa shape index (κ3) is 7.35. The van der Waals surface area contributed by atoms with Crippen molar-refractivity contribution in [2.24, 2.45) is 11.5 Å². The van der Waals surface area contributed by atoms with Crippen LogP contribution in [0.25, 0.3) is 10.8 Å². The van der Waals surface area contributed by atoms with Crippen molar-refractivity contribution in [1.29, 1.82) is 0 Å². The SMILES string of the molecule is NCCC[C@@H]1C(=O)N[C@@H](Cc2ccc3ccccc3c2)C(=O)N2CCC[C@@H]2C(=O)NCC(=O)N1C(=O)[C@@H](N)Cc1ccc(O)cc1. The average molecular weight is 629 g/mol. The third-order valence-corrected chi connectivity index (χ3v) is 8.63. The predicted molar refractivity (Wildman–Crippen MR) is 171 cm³/mol. The van der Waals surface area contributed by atoms with Crippen LogP contribution in [0.4, 0.5) is 0 Å². The number of fused-ring (bicyclic) bond motifs is 2. The molecular formula is C34H40N6O6. The Morgan fingerprint density at radius 2 is 1.67 bits per heavy atom. The Bertz CT molecular complexity index is 1610. The van der Waals surface area contributed by atoms with Crippen molar-refractivity contribution in [1.82, 2.24) is 20.4 Å². The molecule has 2 fully saturated rings. The van der Waals surface area contributed by atoms with Crippen molar-refractivity contribution in [3.8, 4) is 5.75 Å². The Balaban J connectivity index is 1.49. The Morgan fingerprint density at radius 3 is 2.41 bits per heavy atom. The quantitative estimate of drug-likeness (QED) is 0.241. The predicted octanol–water partition coefficient (Wildman–Crippen LogP) is 0.726. The molecule has 3 aromatic rings. The number of phenols is 1. The lowest BCUT2D eigenvalue weighted by Crippen LogP contribution is -2.63. The number of carbonyl (C=O) groups excluding carboxylic acids is 5. The third-order valence-electron chi connectivity index (χ3n) is 8.63. The molecule has 0 saturated carbocycles. The fraction of sp³-hybridized carbons (Fsp3) is 0.382. The van der Waals surface area contributed by atoms with Crippen LogP contribution in [-0.2, 0) is 36.8 Å². The van der Waals surface area contributed by atoms with Gasteiger partial charge in [0.15, 0.2) is 0 Å². The van der Waals surface area contributed by atoms with Crippen LogP contribution in [0.5, 0.6) is 5.75 Å². The number of aromatic hydroxyl groups is 1. The molecule has 242 valence electrons. The summed E-state index contributed by atoms with van der Waals surface area (Å²) in [7, 11) is 0. The number of amides is 5. The maximum atomic E-state index is 14.1. The highest BCUT2D eigenvalue weighted by Crippen LogP contribution is 2.23. The van der Waals surface area contributed by atoms with Crippen LogP contribution >= 0.6 is 0 Å². The van der Waals surface area contributed by atoms with Gasteiger partial charge in [0.2, 0.25) is 29.5 Å². The molecule has 2 aliphatic heterocycles. The van der Waals surface area contributed by atoms with Crippen LogP contribution in [0.2, 0.25) is 0 Å². The van der Waals surface area contributed by atoms with Crippen molar-refractivity contribution in [3.63, 3.8) is 0 Å². The maximum absolute atomic E-state index is 14.1. The Hall–Kier alpha value is -4.81. The van der Waals surface area contributed by atoms with Crippen LogP contribution in [0, 0.1) is 0 Å². The summed E-state index contributed by atoms with van der Waals surface area (Å²) < 4.78 is 0.